The monoisotopic (exact) mass is 367 g/mol. The Morgan fingerprint density at radius 1 is 1.08 bits per heavy atom. The molecule has 0 saturated carbocycles. The quantitative estimate of drug-likeness (QED) is 0.513. The van der Waals surface area contributed by atoms with Gasteiger partial charge < -0.3 is 15.0 Å². The molecule has 0 aliphatic heterocycles. The van der Waals surface area contributed by atoms with Crippen LogP contribution in [0.1, 0.15) is 6.92 Å². The number of benzene rings is 2. The second-order valence-electron chi connectivity index (χ2n) is 5.43. The van der Waals surface area contributed by atoms with Crippen molar-refractivity contribution in [3.8, 4) is 11.5 Å². The zero-order chi connectivity index (χ0) is 18.4. The third-order valence-electron chi connectivity index (χ3n) is 3.41. The smallest absolute Gasteiger partial charge is 0.251 e. The number of carbonyl (C=O) groups is 1. The van der Waals surface area contributed by atoms with Gasteiger partial charge in [0.05, 0.1) is 5.25 Å². The molecule has 3 rings (SSSR count). The number of carbonyl (C=O) groups excluding carboxylic acids is 1. The van der Waals surface area contributed by atoms with Crippen molar-refractivity contribution in [1.82, 2.24) is 9.97 Å². The van der Waals surface area contributed by atoms with Crippen molar-refractivity contribution in [2.75, 3.05) is 5.32 Å². The number of aromatic amines is 1. The Labute approximate surface area is 154 Å². The van der Waals surface area contributed by atoms with Gasteiger partial charge in [-0.1, -0.05) is 30.0 Å². The number of para-hydroxylation sites is 1. The zero-order valence-electron chi connectivity index (χ0n) is 14.0. The van der Waals surface area contributed by atoms with Crippen molar-refractivity contribution in [2.24, 2.45) is 0 Å². The third kappa shape index (κ3) is 4.97. The van der Waals surface area contributed by atoms with Crippen LogP contribution in [0.5, 0.6) is 11.5 Å². The maximum Gasteiger partial charge on any atom is 0.251 e. The first-order valence-corrected chi connectivity index (χ1v) is 8.84. The topological polar surface area (TPSA) is 84.1 Å². The Balaban J connectivity index is 1.57. The molecule has 0 unspecified atom stereocenters. The van der Waals surface area contributed by atoms with Crippen molar-refractivity contribution in [1.29, 1.82) is 0 Å². The summed E-state index contributed by atoms with van der Waals surface area (Å²) in [5.41, 5.74) is 0.418. The molecule has 132 valence electrons. The van der Waals surface area contributed by atoms with Gasteiger partial charge in [0.15, 0.2) is 5.16 Å². The average molecular weight is 367 g/mol. The molecule has 26 heavy (non-hydrogen) atoms. The maximum atomic E-state index is 12.3. The predicted octanol–water partition coefficient (Wildman–Crippen LogP) is 3.68. The number of aromatic nitrogens is 2. The fraction of sp³-hybridized carbons (Fsp3) is 0.105. The van der Waals surface area contributed by atoms with Crippen molar-refractivity contribution >= 4 is 23.4 Å². The molecule has 0 saturated heterocycles. The van der Waals surface area contributed by atoms with Crippen LogP contribution in [0.3, 0.4) is 0 Å². The second-order valence-corrected chi connectivity index (χ2v) is 6.76. The van der Waals surface area contributed by atoms with Crippen molar-refractivity contribution in [3.63, 3.8) is 0 Å². The van der Waals surface area contributed by atoms with E-state index in [2.05, 4.69) is 15.3 Å². The molecule has 1 aromatic heterocycles. The molecular formula is C19H17N3O3S. The molecule has 2 N–H and O–H groups in total. The summed E-state index contributed by atoms with van der Waals surface area (Å²) in [5, 5.41) is 2.83. The molecule has 3 aromatic rings. The van der Waals surface area contributed by atoms with Crippen LogP contribution in [0, 0.1) is 0 Å². The van der Waals surface area contributed by atoms with Crippen LogP contribution in [0.15, 0.2) is 76.8 Å². The van der Waals surface area contributed by atoms with Crippen LogP contribution in [0.25, 0.3) is 0 Å². The lowest BCUT2D eigenvalue weighted by Gasteiger charge is -2.12. The van der Waals surface area contributed by atoms with Crippen molar-refractivity contribution in [2.45, 2.75) is 17.3 Å². The molecule has 0 radical (unpaired) electrons. The molecule has 0 bridgehead atoms. The number of hydrogen-bond acceptors (Lipinski definition) is 5. The summed E-state index contributed by atoms with van der Waals surface area (Å²) in [6.45, 7) is 1.75. The van der Waals surface area contributed by atoms with Crippen LogP contribution in [-0.4, -0.2) is 21.1 Å². The molecule has 1 heterocycles. The van der Waals surface area contributed by atoms with Crippen LogP contribution < -0.4 is 15.6 Å². The normalized spacial score (nSPS) is 11.6. The number of rotatable bonds is 6. The van der Waals surface area contributed by atoms with Gasteiger partial charge in [0, 0.05) is 18.0 Å². The average Bonchev–Trinajstić information content (AvgIpc) is 2.64. The van der Waals surface area contributed by atoms with Gasteiger partial charge in [-0.2, -0.15) is 0 Å². The van der Waals surface area contributed by atoms with E-state index < -0.39 is 5.25 Å². The van der Waals surface area contributed by atoms with Gasteiger partial charge in [-0.3, -0.25) is 9.59 Å². The summed E-state index contributed by atoms with van der Waals surface area (Å²) in [6, 6.07) is 17.9. The van der Waals surface area contributed by atoms with Gasteiger partial charge in [-0.05, 0) is 43.3 Å². The Hall–Kier alpha value is -3.06. The van der Waals surface area contributed by atoms with Gasteiger partial charge in [-0.25, -0.2) is 4.98 Å². The van der Waals surface area contributed by atoms with Gasteiger partial charge in [-0.15, -0.1) is 0 Å². The van der Waals surface area contributed by atoms with Gasteiger partial charge >= 0.3 is 0 Å². The lowest BCUT2D eigenvalue weighted by molar-refractivity contribution is -0.115. The Bertz CT molecular complexity index is 927. The Morgan fingerprint density at radius 2 is 1.77 bits per heavy atom. The molecule has 1 atom stereocenters. The van der Waals surface area contributed by atoms with E-state index in [1.54, 1.807) is 31.2 Å². The minimum Gasteiger partial charge on any atom is -0.457 e. The van der Waals surface area contributed by atoms with E-state index in [4.69, 9.17) is 4.74 Å². The minimum absolute atomic E-state index is 0.182. The first kappa shape index (κ1) is 17.8. The van der Waals surface area contributed by atoms with E-state index in [0.717, 1.165) is 5.75 Å². The number of H-pyrrole nitrogens is 1. The summed E-state index contributed by atoms with van der Waals surface area (Å²) in [6.07, 6.45) is 1.41. The van der Waals surface area contributed by atoms with Crippen LogP contribution in [0.2, 0.25) is 0 Å². The summed E-state index contributed by atoms with van der Waals surface area (Å²) in [7, 11) is 0. The number of ether oxygens (including phenoxy) is 1. The first-order valence-electron chi connectivity index (χ1n) is 7.96. The standard InChI is InChI=1S/C19H17N3O3S/c1-13(26-19-20-12-11-17(23)22-19)18(24)21-14-7-9-16(10-8-14)25-15-5-3-2-4-6-15/h2-13H,1H3,(H,21,24)(H,20,22,23)/t13-/m1/s1. The highest BCUT2D eigenvalue weighted by Crippen LogP contribution is 2.24. The molecule has 1 amide bonds. The number of thioether (sulfide) groups is 1. The number of nitrogens with zero attached hydrogens (tertiary/aromatic N) is 1. The highest BCUT2D eigenvalue weighted by molar-refractivity contribution is 8.00. The van der Waals surface area contributed by atoms with Gasteiger partial charge in [0.2, 0.25) is 5.91 Å². The molecule has 2 aromatic carbocycles. The summed E-state index contributed by atoms with van der Waals surface area (Å²) in [4.78, 5) is 30.2. The van der Waals surface area contributed by atoms with Gasteiger partial charge in [0.1, 0.15) is 11.5 Å². The van der Waals surface area contributed by atoms with Crippen LogP contribution in [0.4, 0.5) is 5.69 Å². The van der Waals surface area contributed by atoms with E-state index >= 15 is 0 Å². The van der Waals surface area contributed by atoms with Crippen molar-refractivity contribution in [3.05, 3.63) is 77.2 Å². The fourth-order valence-corrected chi connectivity index (χ4v) is 2.89. The Kier molecular flexibility index (Phi) is 5.70. The number of hydrogen-bond donors (Lipinski definition) is 2. The van der Waals surface area contributed by atoms with E-state index in [-0.39, 0.29) is 11.5 Å². The predicted molar refractivity (Wildman–Crippen MR) is 102 cm³/mol. The SMILES string of the molecule is C[C@@H](Sc1nccc(=O)[nH]1)C(=O)Nc1ccc(Oc2ccccc2)cc1. The fourth-order valence-electron chi connectivity index (χ4n) is 2.11. The summed E-state index contributed by atoms with van der Waals surface area (Å²) >= 11 is 1.19. The summed E-state index contributed by atoms with van der Waals surface area (Å²) in [5.74, 6) is 1.25. The van der Waals surface area contributed by atoms with E-state index in [9.17, 15) is 9.59 Å². The molecule has 0 fully saturated rings. The first-order chi connectivity index (χ1) is 12.6. The highest BCUT2D eigenvalue weighted by Gasteiger charge is 2.15. The molecule has 0 aliphatic carbocycles. The molecule has 6 nitrogen and oxygen atoms in total. The van der Waals surface area contributed by atoms with Crippen molar-refractivity contribution < 1.29 is 9.53 Å². The maximum absolute atomic E-state index is 12.3. The van der Waals surface area contributed by atoms with Crippen LogP contribution in [-0.2, 0) is 4.79 Å². The number of anilines is 1. The molecule has 0 aliphatic rings. The third-order valence-corrected chi connectivity index (χ3v) is 4.40. The largest absolute Gasteiger partial charge is 0.457 e. The van der Waals surface area contributed by atoms with E-state index in [1.165, 1.54) is 24.0 Å². The molecule has 0 spiro atoms. The molecule has 7 heteroatoms. The van der Waals surface area contributed by atoms with E-state index in [1.807, 2.05) is 30.3 Å². The highest BCUT2D eigenvalue weighted by atomic mass is 32.2. The van der Waals surface area contributed by atoms with E-state index in [0.29, 0.717) is 16.6 Å². The summed E-state index contributed by atoms with van der Waals surface area (Å²) < 4.78 is 5.72. The zero-order valence-corrected chi connectivity index (χ0v) is 14.8. The second kappa shape index (κ2) is 8.35. The Morgan fingerprint density at radius 3 is 2.46 bits per heavy atom. The number of amides is 1. The minimum atomic E-state index is -0.416. The lowest BCUT2D eigenvalue weighted by Crippen LogP contribution is -2.23. The lowest BCUT2D eigenvalue weighted by atomic mass is 10.3. The van der Waals surface area contributed by atoms with Crippen LogP contribution >= 0.6 is 11.8 Å². The number of nitrogens with one attached hydrogen (secondary N) is 2. The van der Waals surface area contributed by atoms with Gasteiger partial charge in [0.25, 0.3) is 5.56 Å². The molecular weight excluding hydrogens is 350 g/mol.